The van der Waals surface area contributed by atoms with Crippen LogP contribution >= 0.6 is 0 Å². The van der Waals surface area contributed by atoms with E-state index in [1.807, 2.05) is 37.3 Å². The van der Waals surface area contributed by atoms with E-state index in [9.17, 15) is 13.6 Å². The lowest BCUT2D eigenvalue weighted by molar-refractivity contribution is -0.286. The molecule has 0 spiro atoms. The first-order valence-corrected chi connectivity index (χ1v) is 10.3. The van der Waals surface area contributed by atoms with Crippen molar-refractivity contribution in [3.05, 3.63) is 71.3 Å². The van der Waals surface area contributed by atoms with Crippen molar-refractivity contribution in [1.29, 1.82) is 0 Å². The molecule has 1 saturated carbocycles. The van der Waals surface area contributed by atoms with Gasteiger partial charge in [0.05, 0.1) is 11.1 Å². The highest BCUT2D eigenvalue weighted by Crippen LogP contribution is 2.52. The molecule has 6 nitrogen and oxygen atoms in total. The fourth-order valence-corrected chi connectivity index (χ4v) is 3.99. The molecule has 1 aromatic heterocycles. The Kier molecular flexibility index (Phi) is 4.63. The Morgan fingerprint density at radius 1 is 1.12 bits per heavy atom. The van der Waals surface area contributed by atoms with Crippen molar-refractivity contribution in [2.24, 2.45) is 5.73 Å². The Bertz CT molecular complexity index is 1230. The third-order valence-electron chi connectivity index (χ3n) is 5.91. The van der Waals surface area contributed by atoms with Crippen molar-refractivity contribution < 1.29 is 24.5 Å². The number of ether oxygens (including phenoxy) is 2. The van der Waals surface area contributed by atoms with Gasteiger partial charge < -0.3 is 20.5 Å². The fourth-order valence-electron chi connectivity index (χ4n) is 3.99. The lowest BCUT2D eigenvalue weighted by atomic mass is 9.94. The maximum Gasteiger partial charge on any atom is 0.586 e. The number of hydrogen-bond acceptors (Lipinski definition) is 5. The number of fused-ring (bicyclic) bond motifs is 1. The number of halogens is 2. The number of nitrogens with one attached hydrogen (secondary N) is 1. The van der Waals surface area contributed by atoms with Gasteiger partial charge in [-0.05, 0) is 60.7 Å². The van der Waals surface area contributed by atoms with Crippen molar-refractivity contribution in [3.63, 3.8) is 0 Å². The van der Waals surface area contributed by atoms with Gasteiger partial charge in [0.25, 0.3) is 0 Å². The molecule has 1 aliphatic heterocycles. The van der Waals surface area contributed by atoms with Gasteiger partial charge in [0.15, 0.2) is 11.5 Å². The van der Waals surface area contributed by atoms with E-state index in [1.165, 1.54) is 12.1 Å². The quantitative estimate of drug-likeness (QED) is 0.599. The Labute approximate surface area is 184 Å². The number of rotatable bonds is 5. The SMILES string of the molecule is Cc1ccc(NC(=O)C2(c3ccc4c(c3)OC(F)(F)O4)CC2)nc1-c1cccc(CN)c1.[HH]. The second kappa shape index (κ2) is 7.27. The first-order chi connectivity index (χ1) is 15.3. The molecule has 5 rings (SSSR count). The van der Waals surface area contributed by atoms with Gasteiger partial charge in [0.2, 0.25) is 5.91 Å². The van der Waals surface area contributed by atoms with E-state index < -0.39 is 11.7 Å². The zero-order valence-electron chi connectivity index (χ0n) is 17.3. The van der Waals surface area contributed by atoms with Crippen LogP contribution in [0.4, 0.5) is 14.6 Å². The van der Waals surface area contributed by atoms with Crippen LogP contribution in [0.15, 0.2) is 54.6 Å². The largest absolute Gasteiger partial charge is 0.586 e. The highest BCUT2D eigenvalue weighted by atomic mass is 19.3. The zero-order chi connectivity index (χ0) is 22.5. The third-order valence-corrected chi connectivity index (χ3v) is 5.91. The standard InChI is InChI=1S/C24H21F2N3O3.H2/c1-14-5-8-20(28-21(14)16-4-2-3-15(11-16)13-27)29-22(30)23(9-10-23)17-6-7-18-19(12-17)32-24(25,26)31-18;/h2-8,11-12H,9-10,13,27H2,1H3,(H,28,29,30);1H. The van der Waals surface area contributed by atoms with E-state index >= 15 is 0 Å². The predicted octanol–water partition coefficient (Wildman–Crippen LogP) is 4.75. The predicted molar refractivity (Wildman–Crippen MR) is 117 cm³/mol. The molecule has 0 bridgehead atoms. The summed E-state index contributed by atoms with van der Waals surface area (Å²) in [6.45, 7) is 2.38. The topological polar surface area (TPSA) is 86.5 Å². The third kappa shape index (κ3) is 3.56. The van der Waals surface area contributed by atoms with Gasteiger partial charge in [-0.25, -0.2) is 4.98 Å². The molecule has 3 aromatic rings. The highest BCUT2D eigenvalue weighted by Gasteiger charge is 2.53. The first-order valence-electron chi connectivity index (χ1n) is 10.3. The molecular formula is C24H23F2N3O3. The van der Waals surface area contributed by atoms with Crippen LogP contribution in [0.25, 0.3) is 11.3 Å². The van der Waals surface area contributed by atoms with Crippen LogP contribution in [0.1, 0.15) is 31.0 Å². The Morgan fingerprint density at radius 3 is 2.66 bits per heavy atom. The number of hydrogen-bond donors (Lipinski definition) is 2. The van der Waals surface area contributed by atoms with E-state index in [2.05, 4.69) is 19.8 Å². The summed E-state index contributed by atoms with van der Waals surface area (Å²) in [4.78, 5) is 17.8. The summed E-state index contributed by atoms with van der Waals surface area (Å²) in [5.74, 6) is 0.0788. The average Bonchev–Trinajstić information content (AvgIpc) is 3.52. The fraction of sp³-hybridized carbons (Fsp3) is 0.250. The second-order valence-electron chi connectivity index (χ2n) is 8.13. The Hall–Kier alpha value is -3.52. The summed E-state index contributed by atoms with van der Waals surface area (Å²) in [5.41, 5.74) is 9.19. The summed E-state index contributed by atoms with van der Waals surface area (Å²) >= 11 is 0. The van der Waals surface area contributed by atoms with Gasteiger partial charge in [0, 0.05) is 13.5 Å². The van der Waals surface area contributed by atoms with Gasteiger partial charge in [-0.2, -0.15) is 0 Å². The molecule has 0 saturated heterocycles. The number of nitrogens with zero attached hydrogens (tertiary/aromatic N) is 1. The molecule has 32 heavy (non-hydrogen) atoms. The van der Waals surface area contributed by atoms with Gasteiger partial charge in [-0.15, -0.1) is 8.78 Å². The minimum Gasteiger partial charge on any atom is -0.395 e. The van der Waals surface area contributed by atoms with Crippen LogP contribution in [0, 0.1) is 6.92 Å². The molecule has 2 aromatic carbocycles. The van der Waals surface area contributed by atoms with Crippen molar-refractivity contribution in [2.45, 2.75) is 38.0 Å². The first kappa shape index (κ1) is 20.4. The smallest absolute Gasteiger partial charge is 0.395 e. The Morgan fingerprint density at radius 2 is 1.91 bits per heavy atom. The molecule has 1 amide bonds. The van der Waals surface area contributed by atoms with Crippen LogP contribution in [0.2, 0.25) is 0 Å². The number of aromatic nitrogens is 1. The molecule has 1 fully saturated rings. The molecule has 0 atom stereocenters. The lowest BCUT2D eigenvalue weighted by Crippen LogP contribution is -2.28. The number of anilines is 1. The molecule has 0 radical (unpaired) electrons. The molecule has 8 heteroatoms. The van der Waals surface area contributed by atoms with Gasteiger partial charge in [-0.1, -0.05) is 30.3 Å². The van der Waals surface area contributed by atoms with Crippen molar-refractivity contribution >= 4 is 11.7 Å². The summed E-state index contributed by atoms with van der Waals surface area (Å²) in [6, 6.07) is 15.9. The number of carbonyl (C=O) groups excluding carboxylic acids is 1. The van der Waals surface area contributed by atoms with E-state index in [0.29, 0.717) is 30.8 Å². The van der Waals surface area contributed by atoms with Gasteiger partial charge in [0.1, 0.15) is 5.82 Å². The summed E-state index contributed by atoms with van der Waals surface area (Å²) in [5, 5.41) is 2.90. The van der Waals surface area contributed by atoms with Gasteiger partial charge in [-0.3, -0.25) is 4.79 Å². The second-order valence-corrected chi connectivity index (χ2v) is 8.13. The molecule has 166 valence electrons. The number of benzene rings is 2. The lowest BCUT2D eigenvalue weighted by Gasteiger charge is -2.17. The summed E-state index contributed by atoms with van der Waals surface area (Å²) in [7, 11) is 0. The summed E-state index contributed by atoms with van der Waals surface area (Å²) in [6.07, 6.45) is -2.48. The highest BCUT2D eigenvalue weighted by molar-refractivity contribution is 6.01. The number of alkyl halides is 2. The molecule has 1 aliphatic carbocycles. The molecule has 2 heterocycles. The minimum atomic E-state index is -3.69. The number of amides is 1. The number of pyridine rings is 1. The molecule has 3 N–H and O–H groups in total. The van der Waals surface area contributed by atoms with Crippen molar-refractivity contribution in [3.8, 4) is 22.8 Å². The minimum absolute atomic E-state index is 0. The van der Waals surface area contributed by atoms with Crippen LogP contribution in [0.5, 0.6) is 11.5 Å². The number of aryl methyl sites for hydroxylation is 1. The maximum atomic E-state index is 13.3. The number of carbonyl (C=O) groups is 1. The molecule has 0 unspecified atom stereocenters. The van der Waals surface area contributed by atoms with E-state index in [4.69, 9.17) is 5.73 Å². The normalized spacial score (nSPS) is 17.1. The van der Waals surface area contributed by atoms with E-state index in [0.717, 1.165) is 22.4 Å². The maximum absolute atomic E-state index is 13.3. The van der Waals surface area contributed by atoms with Gasteiger partial charge >= 0.3 is 6.29 Å². The van der Waals surface area contributed by atoms with Crippen LogP contribution in [-0.2, 0) is 16.8 Å². The Balaban J connectivity index is 0.00000259. The molecule has 2 aliphatic rings. The average molecular weight is 439 g/mol. The molecular weight excluding hydrogens is 416 g/mol. The monoisotopic (exact) mass is 439 g/mol. The van der Waals surface area contributed by atoms with Crippen molar-refractivity contribution in [1.82, 2.24) is 4.98 Å². The van der Waals surface area contributed by atoms with Crippen LogP contribution in [-0.4, -0.2) is 17.2 Å². The van der Waals surface area contributed by atoms with Crippen molar-refractivity contribution in [2.75, 3.05) is 5.32 Å². The number of nitrogens with two attached hydrogens (primary N) is 1. The zero-order valence-corrected chi connectivity index (χ0v) is 17.3. The van der Waals surface area contributed by atoms with E-state index in [1.54, 1.807) is 12.1 Å². The van der Waals surface area contributed by atoms with Crippen LogP contribution in [0.3, 0.4) is 0 Å². The summed E-state index contributed by atoms with van der Waals surface area (Å²) < 4.78 is 35.7. The van der Waals surface area contributed by atoms with E-state index in [-0.39, 0.29) is 18.8 Å². The van der Waals surface area contributed by atoms with Crippen LogP contribution < -0.4 is 20.5 Å².